The van der Waals surface area contributed by atoms with Gasteiger partial charge in [0, 0.05) is 44.7 Å². The summed E-state index contributed by atoms with van der Waals surface area (Å²) in [5, 5.41) is 4.22. The third-order valence-electron chi connectivity index (χ3n) is 5.47. The van der Waals surface area contributed by atoms with Crippen molar-refractivity contribution in [3.8, 4) is 0 Å². The van der Waals surface area contributed by atoms with Crippen LogP contribution in [0.25, 0.3) is 15.8 Å². The smallest absolute Gasteiger partial charge is 0.166 e. The number of allylic oxidation sites excluding steroid dienone is 3. The predicted octanol–water partition coefficient (Wildman–Crippen LogP) is 3.05. The van der Waals surface area contributed by atoms with Gasteiger partial charge in [0.15, 0.2) is 5.78 Å². The van der Waals surface area contributed by atoms with Crippen molar-refractivity contribution in [2.24, 2.45) is 4.99 Å². The van der Waals surface area contributed by atoms with Gasteiger partial charge in [-0.3, -0.25) is 14.7 Å². The number of carbonyl (C=O) groups excluding carboxylic acids is 1. The van der Waals surface area contributed by atoms with Crippen LogP contribution in [0.15, 0.2) is 47.0 Å². The van der Waals surface area contributed by atoms with Gasteiger partial charge < -0.3 is 5.32 Å². The number of hydrogen-bond acceptors (Lipinski definition) is 6. The van der Waals surface area contributed by atoms with E-state index >= 15 is 0 Å². The number of nitrogens with one attached hydrogen (secondary N) is 1. The first kappa shape index (κ1) is 17.0. The highest BCUT2D eigenvalue weighted by Gasteiger charge is 2.27. The number of ketones is 1. The maximum atomic E-state index is 12.8. The van der Waals surface area contributed by atoms with Gasteiger partial charge in [-0.1, -0.05) is 18.2 Å². The maximum absolute atomic E-state index is 12.8. The Bertz CT molecular complexity index is 948. The molecule has 5 nitrogen and oxygen atoms in total. The molecule has 2 aromatic rings. The van der Waals surface area contributed by atoms with E-state index in [1.165, 1.54) is 0 Å². The molecule has 5 rings (SSSR count). The van der Waals surface area contributed by atoms with Crippen molar-refractivity contribution < 1.29 is 4.79 Å². The van der Waals surface area contributed by atoms with Crippen molar-refractivity contribution in [2.45, 2.75) is 25.4 Å². The largest absolute Gasteiger partial charge is 0.314 e. The van der Waals surface area contributed by atoms with E-state index in [1.807, 2.05) is 24.3 Å². The quantitative estimate of drug-likeness (QED) is 0.873. The van der Waals surface area contributed by atoms with Crippen LogP contribution < -0.4 is 5.32 Å². The Labute approximate surface area is 162 Å². The number of benzene rings is 1. The molecule has 1 aromatic carbocycles. The van der Waals surface area contributed by atoms with Crippen LogP contribution in [0.2, 0.25) is 0 Å². The molecule has 3 heterocycles. The van der Waals surface area contributed by atoms with E-state index in [2.05, 4.69) is 22.4 Å². The van der Waals surface area contributed by atoms with Crippen LogP contribution in [0.4, 0.5) is 0 Å². The number of carbonyl (C=O) groups is 1. The lowest BCUT2D eigenvalue weighted by molar-refractivity contribution is -0.113. The summed E-state index contributed by atoms with van der Waals surface area (Å²) in [4.78, 5) is 25.0. The topological polar surface area (TPSA) is 57.6 Å². The van der Waals surface area contributed by atoms with Gasteiger partial charge in [0.25, 0.3) is 0 Å². The number of thiazole rings is 1. The Kier molecular flexibility index (Phi) is 4.47. The number of Topliss-reactive ketones (excluding diaryl/α,β-unsaturated/α-hetero) is 1. The lowest BCUT2D eigenvalue weighted by Crippen LogP contribution is -2.48. The molecule has 2 aliphatic heterocycles. The molecule has 27 heavy (non-hydrogen) atoms. The Balaban J connectivity index is 1.46. The molecule has 1 aromatic heterocycles. The summed E-state index contributed by atoms with van der Waals surface area (Å²) in [5.41, 5.74) is 3.89. The number of aromatic nitrogens is 1. The van der Waals surface area contributed by atoms with Gasteiger partial charge in [0.1, 0.15) is 11.2 Å². The standard InChI is InChI=1S/C21H22N4OS/c26-18-7-6-16-14(5-8-20(23-16)25-11-9-22-10-12-25)13-15(18)21-24-17-3-1-2-4-19(17)27-21/h1-5,13,20,22H,6-12H2. The molecule has 6 heteroatoms. The highest BCUT2D eigenvalue weighted by molar-refractivity contribution is 7.19. The lowest BCUT2D eigenvalue weighted by Gasteiger charge is -2.34. The first-order chi connectivity index (χ1) is 13.3. The van der Waals surface area contributed by atoms with Gasteiger partial charge in [-0.2, -0.15) is 0 Å². The van der Waals surface area contributed by atoms with E-state index in [-0.39, 0.29) is 11.9 Å². The highest BCUT2D eigenvalue weighted by atomic mass is 32.1. The molecule has 138 valence electrons. The summed E-state index contributed by atoms with van der Waals surface area (Å²) < 4.78 is 1.12. The van der Waals surface area contributed by atoms with Gasteiger partial charge >= 0.3 is 0 Å². The zero-order chi connectivity index (χ0) is 18.2. The van der Waals surface area contributed by atoms with Crippen molar-refractivity contribution in [1.29, 1.82) is 0 Å². The molecular weight excluding hydrogens is 356 g/mol. The van der Waals surface area contributed by atoms with Gasteiger partial charge in [-0.25, -0.2) is 4.98 Å². The molecule has 0 radical (unpaired) electrons. The first-order valence-electron chi connectivity index (χ1n) is 9.61. The lowest BCUT2D eigenvalue weighted by atomic mass is 10.0. The van der Waals surface area contributed by atoms with Crippen molar-refractivity contribution in [3.05, 3.63) is 47.0 Å². The molecule has 0 saturated carbocycles. The van der Waals surface area contributed by atoms with Crippen molar-refractivity contribution in [2.75, 3.05) is 26.2 Å². The minimum atomic E-state index is 0.172. The van der Waals surface area contributed by atoms with E-state index in [0.29, 0.717) is 6.42 Å². The van der Waals surface area contributed by atoms with Gasteiger partial charge in [0.05, 0.1) is 15.8 Å². The second-order valence-electron chi connectivity index (χ2n) is 7.21. The van der Waals surface area contributed by atoms with Crippen LogP contribution in [0.3, 0.4) is 0 Å². The first-order valence-corrected chi connectivity index (χ1v) is 10.4. The summed E-state index contributed by atoms with van der Waals surface area (Å²) in [6.45, 7) is 4.13. The fourth-order valence-corrected chi connectivity index (χ4v) is 4.99. The summed E-state index contributed by atoms with van der Waals surface area (Å²) >= 11 is 1.60. The van der Waals surface area contributed by atoms with E-state index in [0.717, 1.165) is 71.1 Å². The Morgan fingerprint density at radius 2 is 2.00 bits per heavy atom. The van der Waals surface area contributed by atoms with Crippen molar-refractivity contribution >= 4 is 38.6 Å². The molecule has 1 N–H and O–H groups in total. The summed E-state index contributed by atoms with van der Waals surface area (Å²) in [7, 11) is 0. The molecular formula is C21H22N4OS. The number of para-hydroxylation sites is 1. The molecule has 1 aliphatic carbocycles. The Morgan fingerprint density at radius 3 is 2.85 bits per heavy atom. The minimum Gasteiger partial charge on any atom is -0.314 e. The number of nitrogens with zero attached hydrogens (tertiary/aromatic N) is 3. The Morgan fingerprint density at radius 1 is 1.15 bits per heavy atom. The number of rotatable bonds is 2. The molecule has 1 atom stereocenters. The molecule has 1 saturated heterocycles. The maximum Gasteiger partial charge on any atom is 0.166 e. The zero-order valence-electron chi connectivity index (χ0n) is 15.1. The molecule has 0 bridgehead atoms. The number of aliphatic imine (C=N–C) groups is 1. The predicted molar refractivity (Wildman–Crippen MR) is 110 cm³/mol. The van der Waals surface area contributed by atoms with E-state index in [4.69, 9.17) is 9.98 Å². The van der Waals surface area contributed by atoms with Crippen LogP contribution in [-0.4, -0.2) is 53.7 Å². The minimum absolute atomic E-state index is 0.172. The van der Waals surface area contributed by atoms with Gasteiger partial charge in [0.2, 0.25) is 0 Å². The summed E-state index contributed by atoms with van der Waals surface area (Å²) in [6, 6.07) is 8.06. The molecule has 1 fully saturated rings. The molecule has 0 spiro atoms. The Hall–Kier alpha value is -2.15. The zero-order valence-corrected chi connectivity index (χ0v) is 16.0. The second kappa shape index (κ2) is 7.11. The van der Waals surface area contributed by atoms with E-state index < -0.39 is 0 Å². The highest BCUT2D eigenvalue weighted by Crippen LogP contribution is 2.33. The van der Waals surface area contributed by atoms with Gasteiger partial charge in [-0.15, -0.1) is 11.3 Å². The van der Waals surface area contributed by atoms with Crippen LogP contribution in [0.5, 0.6) is 0 Å². The number of dihydropyridines is 1. The monoisotopic (exact) mass is 378 g/mol. The fourth-order valence-electron chi connectivity index (χ4n) is 3.99. The van der Waals surface area contributed by atoms with Crippen molar-refractivity contribution in [1.82, 2.24) is 15.2 Å². The van der Waals surface area contributed by atoms with Gasteiger partial charge in [-0.05, 0) is 30.2 Å². The fraction of sp³-hybridized carbons (Fsp3) is 0.381. The average Bonchev–Trinajstić information content (AvgIpc) is 3.07. The number of fused-ring (bicyclic) bond motifs is 2. The normalized spacial score (nSPS) is 24.1. The van der Waals surface area contributed by atoms with Crippen LogP contribution >= 0.6 is 11.3 Å². The molecule has 3 aliphatic rings. The number of piperazine rings is 1. The third-order valence-corrected chi connectivity index (χ3v) is 6.54. The third kappa shape index (κ3) is 3.29. The molecule has 1 unspecified atom stereocenters. The van der Waals surface area contributed by atoms with E-state index in [1.54, 1.807) is 11.3 Å². The van der Waals surface area contributed by atoms with Crippen molar-refractivity contribution in [3.63, 3.8) is 0 Å². The van der Waals surface area contributed by atoms with E-state index in [9.17, 15) is 4.79 Å². The SMILES string of the molecule is O=C1CCC2=NC(N3CCNCC3)CC=C2C=C1c1nc2ccccc2s1. The van der Waals surface area contributed by atoms with Crippen LogP contribution in [0.1, 0.15) is 24.3 Å². The number of hydrogen-bond donors (Lipinski definition) is 1. The van der Waals surface area contributed by atoms with Crippen LogP contribution in [-0.2, 0) is 4.79 Å². The summed E-state index contributed by atoms with van der Waals surface area (Å²) in [5.74, 6) is 0.172. The average molecular weight is 379 g/mol. The van der Waals surface area contributed by atoms with Crippen LogP contribution in [0, 0.1) is 0 Å². The molecule has 0 amide bonds. The second-order valence-corrected chi connectivity index (χ2v) is 8.24. The summed E-state index contributed by atoms with van der Waals surface area (Å²) in [6.07, 6.45) is 6.65.